The van der Waals surface area contributed by atoms with Gasteiger partial charge in [0, 0.05) is 0 Å². The van der Waals surface area contributed by atoms with Crippen LogP contribution in [0.3, 0.4) is 0 Å². The smallest absolute Gasteiger partial charge is 0.547 e. The second kappa shape index (κ2) is 17.5. The van der Waals surface area contributed by atoms with Crippen LogP contribution >= 0.6 is 0 Å². The third-order valence-corrected chi connectivity index (χ3v) is 3.69. The number of carbonyl (C=O) groups is 2. The van der Waals surface area contributed by atoms with E-state index in [-0.39, 0.29) is 48.9 Å². The molecular weight excluding hydrogens is 561 g/mol. The molecule has 0 radical (unpaired) electrons. The molecule has 0 saturated carbocycles. The molecule has 0 spiro atoms. The van der Waals surface area contributed by atoms with Crippen LogP contribution < -0.4 is 10.2 Å². The van der Waals surface area contributed by atoms with E-state index in [0.29, 0.717) is 0 Å². The fraction of sp³-hybridized carbons (Fsp3) is 0.857. The number of hydrogen-bond donors (Lipinski definition) is 12. The molecule has 0 amide bonds. The predicted octanol–water partition coefficient (Wildman–Crippen LogP) is -11.3. The fourth-order valence-corrected chi connectivity index (χ4v) is 1.73. The number of carboxylic acids is 2. The molecule has 0 fully saturated rings. The van der Waals surface area contributed by atoms with Crippen molar-refractivity contribution in [3.8, 4) is 0 Å². The first-order valence-electron chi connectivity index (χ1n) is 8.09. The van der Waals surface area contributed by atoms with Crippen LogP contribution in [0.1, 0.15) is 0 Å². The third-order valence-electron chi connectivity index (χ3n) is 3.69. The Hall–Kier alpha value is 0.0314. The molecule has 0 aliphatic carbocycles. The monoisotopic (exact) mass is 588 g/mol. The third kappa shape index (κ3) is 12.2. The molecule has 2 unspecified atom stereocenters. The molecule has 0 aromatic heterocycles. The molecule has 0 aliphatic rings. The molecular formula is C14H26BaO16. The van der Waals surface area contributed by atoms with Crippen molar-refractivity contribution in [1.82, 2.24) is 0 Å². The molecule has 0 saturated heterocycles. The van der Waals surface area contributed by atoms with Gasteiger partial charge in [-0.15, -0.1) is 0 Å². The van der Waals surface area contributed by atoms with Gasteiger partial charge in [0.05, 0.1) is 25.2 Å². The Morgan fingerprint density at radius 1 is 0.516 bits per heavy atom. The van der Waals surface area contributed by atoms with Gasteiger partial charge in [-0.2, -0.15) is 0 Å². The second-order valence-electron chi connectivity index (χ2n) is 5.97. The summed E-state index contributed by atoms with van der Waals surface area (Å²) in [5.41, 5.74) is 0. The largest absolute Gasteiger partial charge is 2.00 e. The SMILES string of the molecule is O=C([O-])[C@H](O)[C@@H](O)[C@H](O)[C@H](O)C(O)CO.O=C([O-])[C@H](O)[C@@H](O)[C@H](O)[C@H](O)C(O)CO.[Ba+2]. The van der Waals surface area contributed by atoms with E-state index in [2.05, 4.69) is 0 Å². The molecule has 0 aliphatic heterocycles. The second-order valence-corrected chi connectivity index (χ2v) is 5.97. The zero-order valence-corrected chi connectivity index (χ0v) is 20.3. The van der Waals surface area contributed by atoms with Crippen molar-refractivity contribution >= 4 is 60.8 Å². The van der Waals surface area contributed by atoms with Crippen molar-refractivity contribution in [3.05, 3.63) is 0 Å². The molecule has 0 aromatic carbocycles. The van der Waals surface area contributed by atoms with Gasteiger partial charge in [-0.25, -0.2) is 0 Å². The molecule has 17 heteroatoms. The molecule has 0 aromatic rings. The van der Waals surface area contributed by atoms with Crippen molar-refractivity contribution in [2.45, 2.75) is 61.0 Å². The van der Waals surface area contributed by atoms with Gasteiger partial charge in [0.2, 0.25) is 0 Å². The first-order chi connectivity index (χ1) is 13.6. The minimum absolute atomic E-state index is 0. The van der Waals surface area contributed by atoms with Gasteiger partial charge in [-0.05, 0) is 0 Å². The average Bonchev–Trinajstić information content (AvgIpc) is 2.73. The molecule has 0 rings (SSSR count). The number of aliphatic hydroxyl groups excluding tert-OH is 12. The van der Waals surface area contributed by atoms with E-state index >= 15 is 0 Å². The standard InChI is InChI=1S/2C7H14O8.Ba/c2*8-1-2(9)3(10)4(11)5(12)6(13)7(14)15;/h2*2-6,8-13H,1H2,(H,14,15);/q;;+2/p-2/t2*2?,3-,4-,5+,6-;/m11./s1. The Bertz CT molecular complexity index is 465. The van der Waals surface area contributed by atoms with E-state index < -0.39 is 86.2 Å². The Labute approximate surface area is 215 Å². The van der Waals surface area contributed by atoms with Crippen molar-refractivity contribution in [2.24, 2.45) is 0 Å². The predicted molar refractivity (Wildman–Crippen MR) is 90.0 cm³/mol. The number of carboxylic acid groups (broad SMARTS) is 2. The van der Waals surface area contributed by atoms with Gasteiger partial charge in [-0.1, -0.05) is 0 Å². The van der Waals surface area contributed by atoms with E-state index in [4.69, 9.17) is 61.3 Å². The van der Waals surface area contributed by atoms with Gasteiger partial charge >= 0.3 is 48.9 Å². The zero-order valence-electron chi connectivity index (χ0n) is 15.9. The van der Waals surface area contributed by atoms with E-state index in [1.54, 1.807) is 0 Å². The molecule has 31 heavy (non-hydrogen) atoms. The summed E-state index contributed by atoms with van der Waals surface area (Å²) in [6.45, 7) is -1.79. The van der Waals surface area contributed by atoms with Crippen LogP contribution in [0.15, 0.2) is 0 Å². The van der Waals surface area contributed by atoms with Gasteiger partial charge in [-0.3, -0.25) is 0 Å². The zero-order chi connectivity index (χ0) is 24.3. The molecule has 12 N–H and O–H groups in total. The van der Waals surface area contributed by atoms with Crippen LogP contribution in [-0.4, -0.2) is 196 Å². The van der Waals surface area contributed by atoms with Crippen LogP contribution in [0.5, 0.6) is 0 Å². The first-order valence-corrected chi connectivity index (χ1v) is 8.09. The number of hydrogen-bond acceptors (Lipinski definition) is 16. The Morgan fingerprint density at radius 3 is 0.903 bits per heavy atom. The molecule has 0 heterocycles. The maximum absolute atomic E-state index is 10.1. The van der Waals surface area contributed by atoms with E-state index in [1.165, 1.54) is 0 Å². The maximum atomic E-state index is 10.1. The van der Waals surface area contributed by atoms with E-state index in [0.717, 1.165) is 0 Å². The number of aliphatic carboxylic acids is 2. The quantitative estimate of drug-likeness (QED) is 0.0942. The van der Waals surface area contributed by atoms with Crippen LogP contribution in [0.4, 0.5) is 0 Å². The molecule has 16 nitrogen and oxygen atoms in total. The van der Waals surface area contributed by atoms with Crippen LogP contribution in [0, 0.1) is 0 Å². The van der Waals surface area contributed by atoms with Gasteiger partial charge in [0.25, 0.3) is 0 Å². The summed E-state index contributed by atoms with van der Waals surface area (Å²) in [6, 6.07) is 0. The number of rotatable bonds is 12. The summed E-state index contributed by atoms with van der Waals surface area (Å²) in [5, 5.41) is 126. The maximum Gasteiger partial charge on any atom is 2.00 e. The van der Waals surface area contributed by atoms with Gasteiger partial charge in [0.1, 0.15) is 61.0 Å². The fourth-order valence-electron chi connectivity index (χ4n) is 1.73. The van der Waals surface area contributed by atoms with Crippen molar-refractivity contribution in [1.29, 1.82) is 0 Å². The van der Waals surface area contributed by atoms with E-state index in [1.807, 2.05) is 0 Å². The Kier molecular flexibility index (Phi) is 20.1. The number of carbonyl (C=O) groups excluding carboxylic acids is 2. The topological polar surface area (TPSA) is 323 Å². The minimum Gasteiger partial charge on any atom is -0.547 e. The molecule has 0 bridgehead atoms. The average molecular weight is 588 g/mol. The summed E-state index contributed by atoms with van der Waals surface area (Å²) >= 11 is 0. The number of aliphatic hydroxyl groups is 12. The molecule has 180 valence electrons. The normalized spacial score (nSPS) is 20.8. The Balaban J connectivity index is -0.000000490. The summed E-state index contributed by atoms with van der Waals surface area (Å²) in [7, 11) is 0. The summed E-state index contributed by atoms with van der Waals surface area (Å²) in [4.78, 5) is 20.2. The minimum atomic E-state index is -2.40. The summed E-state index contributed by atoms with van der Waals surface area (Å²) in [5.74, 6) is -4.07. The molecule has 10 atom stereocenters. The van der Waals surface area contributed by atoms with E-state index in [9.17, 15) is 19.8 Å². The summed E-state index contributed by atoms with van der Waals surface area (Å²) < 4.78 is 0. The van der Waals surface area contributed by atoms with Crippen LogP contribution in [0.25, 0.3) is 0 Å². The Morgan fingerprint density at radius 2 is 0.742 bits per heavy atom. The van der Waals surface area contributed by atoms with Crippen LogP contribution in [0.2, 0.25) is 0 Å². The van der Waals surface area contributed by atoms with Gasteiger partial charge in [0.15, 0.2) is 0 Å². The van der Waals surface area contributed by atoms with Crippen molar-refractivity contribution < 1.29 is 81.1 Å². The van der Waals surface area contributed by atoms with Gasteiger partial charge < -0.3 is 81.1 Å². The first kappa shape index (κ1) is 35.6. The van der Waals surface area contributed by atoms with Crippen molar-refractivity contribution in [3.63, 3.8) is 0 Å². The van der Waals surface area contributed by atoms with Crippen LogP contribution in [-0.2, 0) is 9.59 Å². The van der Waals surface area contributed by atoms with Crippen molar-refractivity contribution in [2.75, 3.05) is 13.2 Å². The summed E-state index contributed by atoms with van der Waals surface area (Å²) in [6.07, 6.45) is -21.0.